The maximum Gasteiger partial charge on any atom is 0.433 e. The van der Waals surface area contributed by atoms with Crippen LogP contribution in [-0.4, -0.2) is 11.2 Å². The van der Waals surface area contributed by atoms with E-state index in [1.165, 1.54) is 6.20 Å². The van der Waals surface area contributed by atoms with Crippen molar-refractivity contribution in [3.8, 4) is 0 Å². The van der Waals surface area contributed by atoms with Crippen molar-refractivity contribution < 1.29 is 13.2 Å². The molecule has 0 amide bonds. The zero-order valence-corrected chi connectivity index (χ0v) is 6.34. The number of aromatic nitrogens is 1. The molecule has 0 N–H and O–H groups in total. The van der Waals surface area contributed by atoms with Gasteiger partial charge in [0.1, 0.15) is 5.70 Å². The van der Waals surface area contributed by atoms with E-state index >= 15 is 0 Å². The molecule has 0 aliphatic carbocycles. The molecule has 1 aromatic rings. The van der Waals surface area contributed by atoms with Crippen LogP contribution in [0.3, 0.4) is 0 Å². The number of nitrogens with zero attached hydrogens (tertiary/aromatic N) is 2. The molecule has 1 aliphatic heterocycles. The number of pyridine rings is 1. The molecule has 2 rings (SSSR count). The fraction of sp³-hybridized carbons (Fsp3) is 0.125. The van der Waals surface area contributed by atoms with Crippen molar-refractivity contribution in [3.63, 3.8) is 0 Å². The quantitative estimate of drug-likeness (QED) is 0.608. The van der Waals surface area contributed by atoms with Crippen molar-refractivity contribution >= 4 is 11.9 Å². The van der Waals surface area contributed by atoms with E-state index in [1.807, 2.05) is 0 Å². The Morgan fingerprint density at radius 1 is 1.23 bits per heavy atom. The Labute approximate surface area is 72.1 Å². The lowest BCUT2D eigenvalue weighted by Gasteiger charge is -2.04. The van der Waals surface area contributed by atoms with E-state index in [0.717, 1.165) is 6.08 Å². The Hall–Kier alpha value is -1.52. The van der Waals surface area contributed by atoms with Gasteiger partial charge >= 0.3 is 6.18 Å². The molecular weight excluding hydrogens is 181 g/mol. The van der Waals surface area contributed by atoms with E-state index in [2.05, 4.69) is 10.3 Å². The van der Waals surface area contributed by atoms with Crippen molar-refractivity contribution in [2.45, 2.75) is 6.18 Å². The zero-order valence-electron chi connectivity index (χ0n) is 6.34. The van der Waals surface area contributed by atoms with Crippen LogP contribution in [0, 0.1) is 0 Å². The van der Waals surface area contributed by atoms with Gasteiger partial charge in [0.15, 0.2) is 5.82 Å². The van der Waals surface area contributed by atoms with Crippen LogP contribution in [0.15, 0.2) is 24.0 Å². The smallest absolute Gasteiger partial charge is 0.237 e. The fourth-order valence-corrected chi connectivity index (χ4v) is 1.05. The molecule has 67 valence electrons. The van der Waals surface area contributed by atoms with Gasteiger partial charge in [0, 0.05) is 11.8 Å². The topological polar surface area (TPSA) is 27.0 Å². The molecule has 0 saturated carbocycles. The van der Waals surface area contributed by atoms with Gasteiger partial charge in [-0.3, -0.25) is 0 Å². The monoisotopic (exact) mass is 185 g/mol. The molecule has 1 aliphatic rings. The van der Waals surface area contributed by atoms with Gasteiger partial charge in [0.25, 0.3) is 0 Å². The molecule has 1 radical (unpaired) electrons. The summed E-state index contributed by atoms with van der Waals surface area (Å²) < 4.78 is 36.4. The van der Waals surface area contributed by atoms with Gasteiger partial charge in [0.2, 0.25) is 0 Å². The maximum absolute atomic E-state index is 12.1. The van der Waals surface area contributed by atoms with Gasteiger partial charge in [-0.05, 0) is 18.2 Å². The number of fused-ring (bicyclic) bond motifs is 1. The largest absolute Gasteiger partial charge is 0.433 e. The van der Waals surface area contributed by atoms with Gasteiger partial charge in [-0.2, -0.15) is 13.2 Å². The van der Waals surface area contributed by atoms with Crippen LogP contribution in [0.2, 0.25) is 0 Å². The Morgan fingerprint density at radius 2 is 2.00 bits per heavy atom. The van der Waals surface area contributed by atoms with Crippen molar-refractivity contribution in [1.82, 2.24) is 10.3 Å². The molecule has 0 unspecified atom stereocenters. The number of alkyl halides is 3. The maximum atomic E-state index is 12.1. The second-order valence-corrected chi connectivity index (χ2v) is 2.56. The Bertz CT molecular complexity index is 368. The standard InChI is InChI=1S/C8H4F3N2/c9-8(10,11)6-4-5-2-1-3-12-7(5)13-6/h1-4H. The number of allylic oxidation sites excluding steroid dienone is 1. The minimum Gasteiger partial charge on any atom is -0.237 e. The zero-order chi connectivity index (χ0) is 9.47. The second-order valence-electron chi connectivity index (χ2n) is 2.56. The highest BCUT2D eigenvalue weighted by Crippen LogP contribution is 2.34. The molecule has 0 aromatic carbocycles. The predicted octanol–water partition coefficient (Wildman–Crippen LogP) is 2.23. The Morgan fingerprint density at radius 3 is 2.62 bits per heavy atom. The first-order chi connectivity index (χ1) is 6.07. The van der Waals surface area contributed by atoms with Crippen molar-refractivity contribution in [3.05, 3.63) is 29.6 Å². The summed E-state index contributed by atoms with van der Waals surface area (Å²) in [5.74, 6) is 0.134. The van der Waals surface area contributed by atoms with E-state index in [1.54, 1.807) is 12.1 Å². The summed E-state index contributed by atoms with van der Waals surface area (Å²) in [5.41, 5.74) is -0.476. The SMILES string of the molecule is FC(F)(F)C1=Cc2cccnc2[N]1. The molecule has 0 saturated heterocycles. The van der Waals surface area contributed by atoms with E-state index in [0.29, 0.717) is 5.56 Å². The summed E-state index contributed by atoms with van der Waals surface area (Å²) in [5, 5.41) is 3.35. The van der Waals surface area contributed by atoms with Gasteiger partial charge < -0.3 is 0 Å². The number of halogens is 3. The van der Waals surface area contributed by atoms with Gasteiger partial charge in [0.05, 0.1) is 0 Å². The molecule has 2 heterocycles. The molecule has 13 heavy (non-hydrogen) atoms. The third-order valence-electron chi connectivity index (χ3n) is 1.63. The van der Waals surface area contributed by atoms with E-state index in [-0.39, 0.29) is 5.82 Å². The second kappa shape index (κ2) is 2.48. The lowest BCUT2D eigenvalue weighted by Crippen LogP contribution is -2.15. The summed E-state index contributed by atoms with van der Waals surface area (Å²) in [6.45, 7) is 0. The van der Waals surface area contributed by atoms with Crippen LogP contribution in [0.1, 0.15) is 5.56 Å². The molecule has 0 spiro atoms. The summed E-state index contributed by atoms with van der Waals surface area (Å²) in [4.78, 5) is 3.70. The van der Waals surface area contributed by atoms with Gasteiger partial charge in [-0.25, -0.2) is 10.3 Å². The summed E-state index contributed by atoms with van der Waals surface area (Å²) in [6, 6.07) is 3.12. The van der Waals surface area contributed by atoms with Crippen LogP contribution < -0.4 is 5.32 Å². The Kier molecular flexibility index (Phi) is 1.55. The van der Waals surface area contributed by atoms with E-state index in [9.17, 15) is 13.2 Å². The average molecular weight is 185 g/mol. The molecule has 1 aromatic heterocycles. The van der Waals surface area contributed by atoms with Crippen LogP contribution in [0.5, 0.6) is 0 Å². The van der Waals surface area contributed by atoms with Crippen molar-refractivity contribution in [2.24, 2.45) is 0 Å². The summed E-state index contributed by atoms with van der Waals surface area (Å²) >= 11 is 0. The highest BCUT2D eigenvalue weighted by Gasteiger charge is 2.38. The summed E-state index contributed by atoms with van der Waals surface area (Å²) in [6.07, 6.45) is -1.99. The lowest BCUT2D eigenvalue weighted by molar-refractivity contribution is -0.0942. The minimum atomic E-state index is -4.39. The van der Waals surface area contributed by atoms with Crippen molar-refractivity contribution in [1.29, 1.82) is 0 Å². The number of rotatable bonds is 0. The predicted molar refractivity (Wildman–Crippen MR) is 40.1 cm³/mol. The van der Waals surface area contributed by atoms with Crippen LogP contribution in [0.25, 0.3) is 6.08 Å². The first kappa shape index (κ1) is 8.10. The first-order valence-electron chi connectivity index (χ1n) is 3.53. The van der Waals surface area contributed by atoms with E-state index in [4.69, 9.17) is 0 Å². The van der Waals surface area contributed by atoms with E-state index < -0.39 is 11.9 Å². The first-order valence-corrected chi connectivity index (χ1v) is 3.53. The average Bonchev–Trinajstić information content (AvgIpc) is 2.45. The normalized spacial score (nSPS) is 14.8. The van der Waals surface area contributed by atoms with Crippen LogP contribution in [-0.2, 0) is 0 Å². The van der Waals surface area contributed by atoms with Crippen LogP contribution >= 0.6 is 0 Å². The minimum absolute atomic E-state index is 0.134. The summed E-state index contributed by atoms with van der Waals surface area (Å²) in [7, 11) is 0. The lowest BCUT2D eigenvalue weighted by atomic mass is 10.2. The molecule has 0 atom stereocenters. The Balaban J connectivity index is 2.37. The van der Waals surface area contributed by atoms with Crippen molar-refractivity contribution in [2.75, 3.05) is 0 Å². The van der Waals surface area contributed by atoms with Gasteiger partial charge in [-0.1, -0.05) is 0 Å². The number of hydrogen-bond acceptors (Lipinski definition) is 1. The van der Waals surface area contributed by atoms with Crippen LogP contribution in [0.4, 0.5) is 19.0 Å². The third kappa shape index (κ3) is 1.37. The molecular formula is C8H4F3N2. The molecule has 2 nitrogen and oxygen atoms in total. The highest BCUT2D eigenvalue weighted by molar-refractivity contribution is 5.69. The number of hydrogen-bond donors (Lipinski definition) is 0. The highest BCUT2D eigenvalue weighted by atomic mass is 19.4. The molecule has 0 bridgehead atoms. The molecule has 5 heteroatoms. The molecule has 0 fully saturated rings. The van der Waals surface area contributed by atoms with Gasteiger partial charge in [-0.15, -0.1) is 0 Å². The fourth-order valence-electron chi connectivity index (χ4n) is 1.05. The third-order valence-corrected chi connectivity index (χ3v) is 1.63.